The number of nitrogens with zero attached hydrogens (tertiary/aromatic N) is 2. The van der Waals surface area contributed by atoms with Crippen LogP contribution >= 0.6 is 0 Å². The van der Waals surface area contributed by atoms with E-state index in [1.54, 1.807) is 18.9 Å². The molecule has 2 N–H and O–H groups in total. The summed E-state index contributed by atoms with van der Waals surface area (Å²) in [7, 11) is 3.27. The number of rotatable bonds is 8. The van der Waals surface area contributed by atoms with Crippen molar-refractivity contribution < 1.29 is 14.3 Å². The van der Waals surface area contributed by atoms with Gasteiger partial charge in [0.15, 0.2) is 0 Å². The van der Waals surface area contributed by atoms with E-state index in [1.165, 1.54) is 11.8 Å². The minimum absolute atomic E-state index is 0.296. The normalized spacial score (nSPS) is 10.8. The molecule has 118 valence electrons. The van der Waals surface area contributed by atoms with Crippen molar-refractivity contribution in [2.24, 2.45) is 5.73 Å². The van der Waals surface area contributed by atoms with Gasteiger partial charge in [-0.3, -0.25) is 9.48 Å². The second kappa shape index (κ2) is 7.72. The van der Waals surface area contributed by atoms with E-state index in [2.05, 4.69) is 17.2 Å². The maximum Gasteiger partial charge on any atom is 0.252 e. The SMILES string of the molecule is COCCc1ccc(Cn2ncc(C(N)=O)c2COC)cc1. The number of aromatic nitrogens is 2. The highest BCUT2D eigenvalue weighted by molar-refractivity contribution is 5.93. The van der Waals surface area contributed by atoms with Crippen LogP contribution in [0.5, 0.6) is 0 Å². The van der Waals surface area contributed by atoms with Crippen molar-refractivity contribution in [2.75, 3.05) is 20.8 Å². The highest BCUT2D eigenvalue weighted by atomic mass is 16.5. The number of hydrogen-bond acceptors (Lipinski definition) is 4. The molecule has 0 aliphatic rings. The summed E-state index contributed by atoms with van der Waals surface area (Å²) in [5.74, 6) is -0.492. The lowest BCUT2D eigenvalue weighted by atomic mass is 10.1. The molecule has 0 bridgehead atoms. The Balaban J connectivity index is 2.14. The zero-order chi connectivity index (χ0) is 15.9. The fraction of sp³-hybridized carbons (Fsp3) is 0.375. The van der Waals surface area contributed by atoms with Crippen molar-refractivity contribution in [1.29, 1.82) is 0 Å². The molecule has 0 saturated carbocycles. The minimum Gasteiger partial charge on any atom is -0.384 e. The Morgan fingerprint density at radius 1 is 1.18 bits per heavy atom. The summed E-state index contributed by atoms with van der Waals surface area (Å²) in [5.41, 5.74) is 8.77. The zero-order valence-corrected chi connectivity index (χ0v) is 12.9. The first kappa shape index (κ1) is 16.2. The molecule has 0 aliphatic carbocycles. The van der Waals surface area contributed by atoms with Crippen LogP contribution in [0, 0.1) is 0 Å². The monoisotopic (exact) mass is 303 g/mol. The van der Waals surface area contributed by atoms with Crippen LogP contribution < -0.4 is 5.73 Å². The molecule has 6 heteroatoms. The summed E-state index contributed by atoms with van der Waals surface area (Å²) in [6, 6.07) is 8.24. The minimum atomic E-state index is -0.492. The third-order valence-electron chi connectivity index (χ3n) is 3.45. The van der Waals surface area contributed by atoms with Crippen molar-refractivity contribution >= 4 is 5.91 Å². The topological polar surface area (TPSA) is 79.4 Å². The fourth-order valence-corrected chi connectivity index (χ4v) is 2.25. The summed E-state index contributed by atoms with van der Waals surface area (Å²) in [6.07, 6.45) is 2.38. The molecule has 2 aromatic rings. The first-order valence-corrected chi connectivity index (χ1v) is 7.06. The Hall–Kier alpha value is -2.18. The van der Waals surface area contributed by atoms with Crippen LogP contribution in [0.25, 0.3) is 0 Å². The Bertz CT molecular complexity index is 620. The lowest BCUT2D eigenvalue weighted by molar-refractivity contribution is 0.0994. The summed E-state index contributed by atoms with van der Waals surface area (Å²) >= 11 is 0. The van der Waals surface area contributed by atoms with Gasteiger partial charge < -0.3 is 15.2 Å². The smallest absolute Gasteiger partial charge is 0.252 e. The average Bonchev–Trinajstić information content (AvgIpc) is 2.90. The molecule has 0 unspecified atom stereocenters. The first-order chi connectivity index (χ1) is 10.7. The van der Waals surface area contributed by atoms with Gasteiger partial charge in [-0.25, -0.2) is 0 Å². The molecule has 0 fully saturated rings. The summed E-state index contributed by atoms with van der Waals surface area (Å²) in [4.78, 5) is 11.4. The molecule has 0 radical (unpaired) electrons. The molecular formula is C16H21N3O3. The average molecular weight is 303 g/mol. The quantitative estimate of drug-likeness (QED) is 0.798. The highest BCUT2D eigenvalue weighted by Gasteiger charge is 2.15. The van der Waals surface area contributed by atoms with Gasteiger partial charge in [0.2, 0.25) is 0 Å². The molecule has 1 aromatic carbocycles. The van der Waals surface area contributed by atoms with Crippen LogP contribution in [0.15, 0.2) is 30.5 Å². The number of nitrogens with two attached hydrogens (primary N) is 1. The Morgan fingerprint density at radius 2 is 1.86 bits per heavy atom. The van der Waals surface area contributed by atoms with E-state index in [0.717, 1.165) is 12.0 Å². The van der Waals surface area contributed by atoms with Gasteiger partial charge in [-0.05, 0) is 17.5 Å². The van der Waals surface area contributed by atoms with Crippen LogP contribution in [0.3, 0.4) is 0 Å². The van der Waals surface area contributed by atoms with Gasteiger partial charge in [-0.15, -0.1) is 0 Å². The molecule has 1 amide bonds. The second-order valence-electron chi connectivity index (χ2n) is 5.02. The van der Waals surface area contributed by atoms with Gasteiger partial charge in [0.05, 0.1) is 37.2 Å². The van der Waals surface area contributed by atoms with Crippen LogP contribution in [0.2, 0.25) is 0 Å². The van der Waals surface area contributed by atoms with Crippen molar-refractivity contribution in [3.8, 4) is 0 Å². The van der Waals surface area contributed by atoms with E-state index in [9.17, 15) is 4.79 Å². The van der Waals surface area contributed by atoms with Crippen LogP contribution in [-0.4, -0.2) is 36.5 Å². The second-order valence-corrected chi connectivity index (χ2v) is 5.02. The van der Waals surface area contributed by atoms with E-state index >= 15 is 0 Å². The lowest BCUT2D eigenvalue weighted by Gasteiger charge is -2.09. The Kier molecular flexibility index (Phi) is 5.68. The van der Waals surface area contributed by atoms with Crippen LogP contribution in [0.1, 0.15) is 27.2 Å². The number of carbonyl (C=O) groups excluding carboxylic acids is 1. The predicted molar refractivity (Wildman–Crippen MR) is 82.6 cm³/mol. The standard InChI is InChI=1S/C16H21N3O3/c1-21-8-7-12-3-5-13(6-4-12)10-19-15(11-22-2)14(9-18-19)16(17)20/h3-6,9H,7-8,10-11H2,1-2H3,(H2,17,20). The fourth-order valence-electron chi connectivity index (χ4n) is 2.25. The van der Waals surface area contributed by atoms with Crippen molar-refractivity contribution in [3.63, 3.8) is 0 Å². The molecule has 6 nitrogen and oxygen atoms in total. The maximum absolute atomic E-state index is 11.4. The third-order valence-corrected chi connectivity index (χ3v) is 3.45. The van der Waals surface area contributed by atoms with E-state index in [4.69, 9.17) is 15.2 Å². The Labute approximate surface area is 129 Å². The van der Waals surface area contributed by atoms with Gasteiger partial charge >= 0.3 is 0 Å². The number of primary amides is 1. The number of ether oxygens (including phenoxy) is 2. The van der Waals surface area contributed by atoms with Gasteiger partial charge in [0.25, 0.3) is 5.91 Å². The van der Waals surface area contributed by atoms with Gasteiger partial charge in [0, 0.05) is 14.2 Å². The number of benzene rings is 1. The molecule has 0 spiro atoms. The van der Waals surface area contributed by atoms with E-state index in [-0.39, 0.29) is 0 Å². The van der Waals surface area contributed by atoms with E-state index in [1.807, 2.05) is 12.1 Å². The van der Waals surface area contributed by atoms with E-state index < -0.39 is 5.91 Å². The molecule has 0 aliphatic heterocycles. The molecule has 1 aromatic heterocycles. The van der Waals surface area contributed by atoms with Crippen LogP contribution in [-0.2, 0) is 29.0 Å². The number of carbonyl (C=O) groups is 1. The molecular weight excluding hydrogens is 282 g/mol. The predicted octanol–water partition coefficient (Wildman–Crippen LogP) is 1.37. The van der Waals surface area contributed by atoms with Gasteiger partial charge in [0.1, 0.15) is 0 Å². The van der Waals surface area contributed by atoms with Gasteiger partial charge in [-0.1, -0.05) is 24.3 Å². The number of hydrogen-bond donors (Lipinski definition) is 1. The number of amides is 1. The lowest BCUT2D eigenvalue weighted by Crippen LogP contribution is -2.15. The summed E-state index contributed by atoms with van der Waals surface area (Å²) in [5, 5.41) is 4.24. The molecule has 0 saturated heterocycles. The van der Waals surface area contributed by atoms with Crippen LogP contribution in [0.4, 0.5) is 0 Å². The van der Waals surface area contributed by atoms with Gasteiger partial charge in [-0.2, -0.15) is 5.10 Å². The van der Waals surface area contributed by atoms with E-state index in [0.29, 0.717) is 31.0 Å². The molecule has 0 atom stereocenters. The third kappa shape index (κ3) is 3.93. The highest BCUT2D eigenvalue weighted by Crippen LogP contribution is 2.13. The Morgan fingerprint density at radius 3 is 2.45 bits per heavy atom. The largest absolute Gasteiger partial charge is 0.384 e. The van der Waals surface area contributed by atoms with Crippen molar-refractivity contribution in [3.05, 3.63) is 52.8 Å². The first-order valence-electron chi connectivity index (χ1n) is 7.06. The number of methoxy groups -OCH3 is 2. The van der Waals surface area contributed by atoms with Crippen molar-refractivity contribution in [1.82, 2.24) is 9.78 Å². The van der Waals surface area contributed by atoms with Crippen molar-refractivity contribution in [2.45, 2.75) is 19.6 Å². The summed E-state index contributed by atoms with van der Waals surface area (Å²) < 4.78 is 11.9. The maximum atomic E-state index is 11.4. The molecule has 2 rings (SSSR count). The molecule has 22 heavy (non-hydrogen) atoms. The molecule has 1 heterocycles. The zero-order valence-electron chi connectivity index (χ0n) is 12.9. The summed E-state index contributed by atoms with van der Waals surface area (Å²) in [6.45, 7) is 1.57.